The predicted molar refractivity (Wildman–Crippen MR) is 101 cm³/mol. The van der Waals surface area contributed by atoms with Crippen LogP contribution in [0.15, 0.2) is 0 Å². The van der Waals surface area contributed by atoms with Crippen LogP contribution in [0.1, 0.15) is 92.9 Å². The number of hydrogen-bond donors (Lipinski definition) is 1. The molecule has 0 spiro atoms. The molecule has 0 saturated carbocycles. The number of unbranched alkanes of at least 4 members (excludes halogenated alkanes) is 1. The Morgan fingerprint density at radius 1 is 1.04 bits per heavy atom. The zero-order valence-electron chi connectivity index (χ0n) is 17.2. The summed E-state index contributed by atoms with van der Waals surface area (Å²) in [6.07, 6.45) is 4.71. The van der Waals surface area contributed by atoms with Gasteiger partial charge in [0.15, 0.2) is 0 Å². The molecule has 0 aliphatic heterocycles. The molecule has 0 aliphatic carbocycles. The molecule has 26 heavy (non-hydrogen) atoms. The standard InChI is InChI=1S/2C10H18O3/c1-5-6-10(3,4)13-9(12)7-8(2)11;1-8(2)5-3-4-6-9(11)7-10(12)13/h5-7H2,1-4H3;8H,3-7H2,1-2H3,(H,12,13). The van der Waals surface area contributed by atoms with E-state index in [-0.39, 0.29) is 24.4 Å². The Morgan fingerprint density at radius 2 is 1.62 bits per heavy atom. The molecule has 0 heterocycles. The van der Waals surface area contributed by atoms with Crippen LogP contribution in [0.25, 0.3) is 0 Å². The highest BCUT2D eigenvalue weighted by atomic mass is 16.6. The fraction of sp³-hybridized carbons (Fsp3) is 0.800. The van der Waals surface area contributed by atoms with Crippen molar-refractivity contribution in [1.82, 2.24) is 0 Å². The number of ketones is 2. The summed E-state index contributed by atoms with van der Waals surface area (Å²) in [5, 5.41) is 8.31. The first-order valence-electron chi connectivity index (χ1n) is 9.34. The van der Waals surface area contributed by atoms with Crippen molar-refractivity contribution in [1.29, 1.82) is 0 Å². The average Bonchev–Trinajstić information content (AvgIpc) is 2.41. The summed E-state index contributed by atoms with van der Waals surface area (Å²) in [7, 11) is 0. The van der Waals surface area contributed by atoms with Crippen LogP contribution in [0, 0.1) is 5.92 Å². The lowest BCUT2D eigenvalue weighted by molar-refractivity contribution is -0.158. The first kappa shape index (κ1) is 26.5. The molecular formula is C20H36O6. The van der Waals surface area contributed by atoms with E-state index in [9.17, 15) is 19.2 Å². The zero-order chi connectivity index (χ0) is 20.8. The monoisotopic (exact) mass is 372 g/mol. The number of esters is 1. The number of carboxylic acids is 1. The van der Waals surface area contributed by atoms with Crippen LogP contribution in [0.4, 0.5) is 0 Å². The normalized spacial score (nSPS) is 10.7. The van der Waals surface area contributed by atoms with Crippen molar-refractivity contribution in [2.24, 2.45) is 5.92 Å². The minimum Gasteiger partial charge on any atom is -0.481 e. The minimum atomic E-state index is -1.02. The van der Waals surface area contributed by atoms with Gasteiger partial charge in [-0.15, -0.1) is 0 Å². The number of aliphatic carboxylic acids is 1. The van der Waals surface area contributed by atoms with Gasteiger partial charge in [-0.3, -0.25) is 19.2 Å². The molecule has 0 aliphatic rings. The van der Waals surface area contributed by atoms with Gasteiger partial charge in [-0.2, -0.15) is 0 Å². The van der Waals surface area contributed by atoms with E-state index in [1.165, 1.54) is 6.92 Å². The summed E-state index contributed by atoms with van der Waals surface area (Å²) in [6.45, 7) is 11.4. The lowest BCUT2D eigenvalue weighted by atomic mass is 10.0. The van der Waals surface area contributed by atoms with Gasteiger partial charge >= 0.3 is 11.9 Å². The van der Waals surface area contributed by atoms with Crippen molar-refractivity contribution in [2.45, 2.75) is 98.5 Å². The second-order valence-electron chi connectivity index (χ2n) is 7.61. The van der Waals surface area contributed by atoms with Crippen molar-refractivity contribution in [3.05, 3.63) is 0 Å². The van der Waals surface area contributed by atoms with Crippen molar-refractivity contribution in [2.75, 3.05) is 0 Å². The average molecular weight is 373 g/mol. The Hall–Kier alpha value is -1.72. The summed E-state index contributed by atoms with van der Waals surface area (Å²) in [6, 6.07) is 0. The Kier molecular flexibility index (Phi) is 14.7. The van der Waals surface area contributed by atoms with Crippen molar-refractivity contribution in [3.63, 3.8) is 0 Å². The topological polar surface area (TPSA) is 97.7 Å². The number of ether oxygens (including phenoxy) is 1. The molecule has 0 fully saturated rings. The van der Waals surface area contributed by atoms with E-state index in [1.54, 1.807) is 0 Å². The third-order valence-electron chi connectivity index (χ3n) is 3.47. The molecular weight excluding hydrogens is 336 g/mol. The highest BCUT2D eigenvalue weighted by Gasteiger charge is 2.22. The van der Waals surface area contributed by atoms with Gasteiger partial charge < -0.3 is 9.84 Å². The minimum absolute atomic E-state index is 0.118. The molecule has 0 saturated heterocycles. The molecule has 6 nitrogen and oxygen atoms in total. The molecule has 0 radical (unpaired) electrons. The maximum atomic E-state index is 11.1. The largest absolute Gasteiger partial charge is 0.481 e. The van der Waals surface area contributed by atoms with E-state index < -0.39 is 17.5 Å². The van der Waals surface area contributed by atoms with Crippen LogP contribution < -0.4 is 0 Å². The molecule has 0 aromatic heterocycles. The van der Waals surface area contributed by atoms with E-state index in [0.29, 0.717) is 12.3 Å². The van der Waals surface area contributed by atoms with E-state index in [1.807, 2.05) is 20.8 Å². The number of Topliss-reactive ketones (excluding diaryl/α,β-unsaturated/α-hetero) is 2. The predicted octanol–water partition coefficient (Wildman–Crippen LogP) is 4.33. The molecule has 0 unspecified atom stereocenters. The zero-order valence-corrected chi connectivity index (χ0v) is 17.2. The number of carbonyl (C=O) groups is 4. The third-order valence-corrected chi connectivity index (χ3v) is 3.47. The van der Waals surface area contributed by atoms with E-state index >= 15 is 0 Å². The van der Waals surface area contributed by atoms with Crippen LogP contribution in [-0.2, 0) is 23.9 Å². The number of carboxylic acid groups (broad SMARTS) is 1. The van der Waals surface area contributed by atoms with Crippen LogP contribution in [-0.4, -0.2) is 34.2 Å². The number of rotatable bonds is 12. The second kappa shape index (κ2) is 14.4. The van der Waals surface area contributed by atoms with Gasteiger partial charge in [0.05, 0.1) is 0 Å². The van der Waals surface area contributed by atoms with E-state index in [0.717, 1.165) is 32.1 Å². The summed E-state index contributed by atoms with van der Waals surface area (Å²) >= 11 is 0. The second-order valence-corrected chi connectivity index (χ2v) is 7.61. The van der Waals surface area contributed by atoms with Crippen molar-refractivity contribution in [3.8, 4) is 0 Å². The summed E-state index contributed by atoms with van der Waals surface area (Å²) in [4.78, 5) is 42.7. The van der Waals surface area contributed by atoms with Gasteiger partial charge in [0.25, 0.3) is 0 Å². The Labute approximate surface area is 157 Å². The summed E-state index contributed by atoms with van der Waals surface area (Å²) < 4.78 is 5.13. The molecule has 0 rings (SSSR count). The van der Waals surface area contributed by atoms with Crippen molar-refractivity contribution < 1.29 is 29.0 Å². The Balaban J connectivity index is 0. The number of hydrogen-bond acceptors (Lipinski definition) is 5. The lowest BCUT2D eigenvalue weighted by Gasteiger charge is -2.24. The molecule has 0 aromatic rings. The summed E-state index contributed by atoms with van der Waals surface area (Å²) in [5.74, 6) is -1.09. The van der Waals surface area contributed by atoms with Gasteiger partial charge in [-0.1, -0.05) is 40.0 Å². The highest BCUT2D eigenvalue weighted by Crippen LogP contribution is 2.17. The SMILES string of the molecule is CC(C)CCCCC(=O)CC(=O)O.CCCC(C)(C)OC(=O)CC(C)=O. The molecule has 152 valence electrons. The lowest BCUT2D eigenvalue weighted by Crippen LogP contribution is -2.28. The van der Waals surface area contributed by atoms with Gasteiger partial charge in [-0.25, -0.2) is 0 Å². The van der Waals surface area contributed by atoms with Crippen molar-refractivity contribution >= 4 is 23.5 Å². The maximum Gasteiger partial charge on any atom is 0.313 e. The maximum absolute atomic E-state index is 11.1. The molecule has 6 heteroatoms. The Morgan fingerprint density at radius 3 is 2.04 bits per heavy atom. The van der Waals surface area contributed by atoms with Gasteiger partial charge in [0.2, 0.25) is 0 Å². The fourth-order valence-electron chi connectivity index (χ4n) is 2.33. The van der Waals surface area contributed by atoms with Gasteiger partial charge in [-0.05, 0) is 39.5 Å². The molecule has 1 N–H and O–H groups in total. The van der Waals surface area contributed by atoms with Gasteiger partial charge in [0, 0.05) is 6.42 Å². The van der Waals surface area contributed by atoms with Crippen LogP contribution in [0.5, 0.6) is 0 Å². The Bertz CT molecular complexity index is 451. The molecule has 0 aromatic carbocycles. The van der Waals surface area contributed by atoms with Crippen LogP contribution in [0.2, 0.25) is 0 Å². The number of carbonyl (C=O) groups excluding carboxylic acids is 3. The van der Waals surface area contributed by atoms with E-state index in [2.05, 4.69) is 13.8 Å². The molecule has 0 atom stereocenters. The smallest absolute Gasteiger partial charge is 0.313 e. The third kappa shape index (κ3) is 20.3. The molecule has 0 bridgehead atoms. The first-order valence-corrected chi connectivity index (χ1v) is 9.34. The highest BCUT2D eigenvalue weighted by molar-refractivity contribution is 5.94. The quantitative estimate of drug-likeness (QED) is 0.311. The van der Waals surface area contributed by atoms with Crippen LogP contribution >= 0.6 is 0 Å². The van der Waals surface area contributed by atoms with Crippen LogP contribution in [0.3, 0.4) is 0 Å². The first-order chi connectivity index (χ1) is 11.9. The van der Waals surface area contributed by atoms with E-state index in [4.69, 9.17) is 9.84 Å². The van der Waals surface area contributed by atoms with Gasteiger partial charge in [0.1, 0.15) is 30.0 Å². The fourth-order valence-corrected chi connectivity index (χ4v) is 2.33. The summed E-state index contributed by atoms with van der Waals surface area (Å²) in [5.41, 5.74) is -0.443. The molecule has 0 amide bonds.